The number of nitro groups is 1. The molecular formula is C15H13ClN2O4. The van der Waals surface area contributed by atoms with Gasteiger partial charge in [0.1, 0.15) is 5.75 Å². The molecule has 0 radical (unpaired) electrons. The molecule has 2 rings (SSSR count). The third-order valence-electron chi connectivity index (χ3n) is 2.83. The van der Waals surface area contributed by atoms with Crippen molar-refractivity contribution in [2.75, 3.05) is 5.32 Å². The highest BCUT2D eigenvalue weighted by Crippen LogP contribution is 2.24. The molecule has 0 bridgehead atoms. The Morgan fingerprint density at radius 2 is 2.00 bits per heavy atom. The van der Waals surface area contributed by atoms with Crippen molar-refractivity contribution in [3.63, 3.8) is 0 Å². The summed E-state index contributed by atoms with van der Waals surface area (Å²) in [5, 5.41) is 13.7. The van der Waals surface area contributed by atoms with Crippen molar-refractivity contribution in [1.29, 1.82) is 0 Å². The predicted molar refractivity (Wildman–Crippen MR) is 83.3 cm³/mol. The molecule has 0 unspecified atom stereocenters. The Bertz CT molecular complexity index is 705. The van der Waals surface area contributed by atoms with E-state index in [4.69, 9.17) is 16.3 Å². The molecule has 0 fully saturated rings. The lowest BCUT2D eigenvalue weighted by molar-refractivity contribution is -0.384. The number of carbonyl (C=O) groups is 1. The van der Waals surface area contributed by atoms with Gasteiger partial charge in [0.2, 0.25) is 0 Å². The largest absolute Gasteiger partial charge is 0.479 e. The van der Waals surface area contributed by atoms with Crippen LogP contribution in [0.25, 0.3) is 0 Å². The van der Waals surface area contributed by atoms with Gasteiger partial charge in [-0.1, -0.05) is 29.8 Å². The highest BCUT2D eigenvalue weighted by Gasteiger charge is 2.17. The minimum Gasteiger partial charge on any atom is -0.479 e. The average Bonchev–Trinajstić information content (AvgIpc) is 2.49. The Morgan fingerprint density at radius 3 is 2.68 bits per heavy atom. The van der Waals surface area contributed by atoms with Gasteiger partial charge in [-0.2, -0.15) is 0 Å². The van der Waals surface area contributed by atoms with Gasteiger partial charge in [-0.25, -0.2) is 0 Å². The minimum atomic E-state index is -0.806. The van der Waals surface area contributed by atoms with Crippen LogP contribution in [-0.2, 0) is 4.79 Å². The molecule has 2 aromatic carbocycles. The van der Waals surface area contributed by atoms with Crippen molar-refractivity contribution < 1.29 is 14.5 Å². The number of amides is 1. The first-order chi connectivity index (χ1) is 10.5. The number of ether oxygens (including phenoxy) is 1. The molecule has 114 valence electrons. The van der Waals surface area contributed by atoms with Crippen LogP contribution in [0.5, 0.6) is 5.75 Å². The smallest absolute Gasteiger partial charge is 0.271 e. The molecule has 7 heteroatoms. The first-order valence-corrected chi connectivity index (χ1v) is 6.81. The number of nitrogens with zero attached hydrogens (tertiary/aromatic N) is 1. The Hall–Kier alpha value is -2.60. The molecule has 0 aliphatic rings. The van der Waals surface area contributed by atoms with E-state index in [0.717, 1.165) is 0 Å². The molecule has 1 N–H and O–H groups in total. The van der Waals surface area contributed by atoms with E-state index < -0.39 is 16.9 Å². The molecule has 0 aliphatic carbocycles. The fraction of sp³-hybridized carbons (Fsp3) is 0.133. The van der Waals surface area contributed by atoms with Crippen LogP contribution in [0.3, 0.4) is 0 Å². The number of hydrogen-bond acceptors (Lipinski definition) is 4. The summed E-state index contributed by atoms with van der Waals surface area (Å²) in [7, 11) is 0. The number of benzene rings is 2. The highest BCUT2D eigenvalue weighted by atomic mass is 35.5. The zero-order valence-corrected chi connectivity index (χ0v) is 12.4. The molecule has 1 atom stereocenters. The van der Waals surface area contributed by atoms with E-state index in [1.54, 1.807) is 37.3 Å². The van der Waals surface area contributed by atoms with E-state index in [9.17, 15) is 14.9 Å². The number of para-hydroxylation sites is 1. The second kappa shape index (κ2) is 6.91. The summed E-state index contributed by atoms with van der Waals surface area (Å²) in [6.07, 6.45) is -0.806. The standard InChI is InChI=1S/C15H13ClN2O4/c1-10(22-14-8-3-2-7-13(14)16)15(19)17-11-5-4-6-12(9-11)18(20)21/h2-10H,1H3,(H,17,19)/t10-/m1/s1. The predicted octanol–water partition coefficient (Wildman–Crippen LogP) is 3.65. The van der Waals surface area contributed by atoms with Crippen LogP contribution in [0.15, 0.2) is 48.5 Å². The highest BCUT2D eigenvalue weighted by molar-refractivity contribution is 6.32. The van der Waals surface area contributed by atoms with Crippen LogP contribution in [0.4, 0.5) is 11.4 Å². The average molecular weight is 321 g/mol. The van der Waals surface area contributed by atoms with Crippen molar-refractivity contribution >= 4 is 28.9 Å². The Kier molecular flexibility index (Phi) is 4.95. The summed E-state index contributed by atoms with van der Waals surface area (Å²) < 4.78 is 5.48. The molecule has 0 aromatic heterocycles. The molecular weight excluding hydrogens is 308 g/mol. The lowest BCUT2D eigenvalue weighted by Gasteiger charge is -2.15. The van der Waals surface area contributed by atoms with E-state index >= 15 is 0 Å². The van der Waals surface area contributed by atoms with Crippen LogP contribution in [0.2, 0.25) is 5.02 Å². The van der Waals surface area contributed by atoms with Crippen LogP contribution in [-0.4, -0.2) is 16.9 Å². The quantitative estimate of drug-likeness (QED) is 0.673. The van der Waals surface area contributed by atoms with Gasteiger partial charge in [-0.3, -0.25) is 14.9 Å². The van der Waals surface area contributed by atoms with Gasteiger partial charge in [-0.05, 0) is 25.1 Å². The van der Waals surface area contributed by atoms with Gasteiger partial charge in [0.15, 0.2) is 6.10 Å². The topological polar surface area (TPSA) is 81.5 Å². The molecule has 0 saturated carbocycles. The minimum absolute atomic E-state index is 0.0996. The van der Waals surface area contributed by atoms with Gasteiger partial charge in [0.05, 0.1) is 9.95 Å². The summed E-state index contributed by atoms with van der Waals surface area (Å²) >= 11 is 5.96. The Labute approximate surface area is 131 Å². The lowest BCUT2D eigenvalue weighted by Crippen LogP contribution is -2.30. The van der Waals surface area contributed by atoms with E-state index in [2.05, 4.69) is 5.32 Å². The first-order valence-electron chi connectivity index (χ1n) is 6.44. The summed E-state index contributed by atoms with van der Waals surface area (Å²) in [6.45, 7) is 1.57. The van der Waals surface area contributed by atoms with Gasteiger partial charge in [0.25, 0.3) is 11.6 Å². The van der Waals surface area contributed by atoms with E-state index in [1.165, 1.54) is 18.2 Å². The van der Waals surface area contributed by atoms with Crippen molar-refractivity contribution in [3.8, 4) is 5.75 Å². The second-order valence-corrected chi connectivity index (χ2v) is 4.89. The number of anilines is 1. The SMILES string of the molecule is C[C@@H](Oc1ccccc1Cl)C(=O)Nc1cccc([N+](=O)[O-])c1. The number of nitro benzene ring substituents is 1. The molecule has 1 amide bonds. The normalized spacial score (nSPS) is 11.5. The summed E-state index contributed by atoms with van der Waals surface area (Å²) in [4.78, 5) is 22.2. The molecule has 0 aliphatic heterocycles. The van der Waals surface area contributed by atoms with Crippen LogP contribution in [0, 0.1) is 10.1 Å². The fourth-order valence-electron chi connectivity index (χ4n) is 1.73. The number of non-ortho nitro benzene ring substituents is 1. The maximum absolute atomic E-state index is 12.1. The van der Waals surface area contributed by atoms with E-state index in [0.29, 0.717) is 16.5 Å². The molecule has 0 saturated heterocycles. The van der Waals surface area contributed by atoms with Gasteiger partial charge >= 0.3 is 0 Å². The molecule has 6 nitrogen and oxygen atoms in total. The van der Waals surface area contributed by atoms with Crippen molar-refractivity contribution in [1.82, 2.24) is 0 Å². The monoisotopic (exact) mass is 320 g/mol. The number of hydrogen-bond donors (Lipinski definition) is 1. The van der Waals surface area contributed by atoms with Crippen molar-refractivity contribution in [3.05, 3.63) is 63.7 Å². The van der Waals surface area contributed by atoms with Crippen LogP contribution < -0.4 is 10.1 Å². The summed E-state index contributed by atoms with van der Waals surface area (Å²) in [5.74, 6) is -0.0359. The van der Waals surface area contributed by atoms with Crippen LogP contribution in [0.1, 0.15) is 6.92 Å². The number of rotatable bonds is 5. The maximum atomic E-state index is 12.1. The number of carbonyl (C=O) groups excluding carboxylic acids is 1. The first kappa shape index (κ1) is 15.8. The Balaban J connectivity index is 2.04. The maximum Gasteiger partial charge on any atom is 0.271 e. The van der Waals surface area contributed by atoms with Crippen molar-refractivity contribution in [2.45, 2.75) is 13.0 Å². The molecule has 22 heavy (non-hydrogen) atoms. The Morgan fingerprint density at radius 1 is 1.27 bits per heavy atom. The number of nitrogens with one attached hydrogen (secondary N) is 1. The number of halogens is 1. The van der Waals surface area contributed by atoms with Crippen molar-refractivity contribution in [2.24, 2.45) is 0 Å². The van der Waals surface area contributed by atoms with E-state index in [-0.39, 0.29) is 5.69 Å². The third-order valence-corrected chi connectivity index (χ3v) is 3.15. The van der Waals surface area contributed by atoms with Gasteiger partial charge in [-0.15, -0.1) is 0 Å². The molecule has 2 aromatic rings. The molecule has 0 spiro atoms. The zero-order valence-electron chi connectivity index (χ0n) is 11.7. The van der Waals surface area contributed by atoms with Crippen LogP contribution >= 0.6 is 11.6 Å². The van der Waals surface area contributed by atoms with Gasteiger partial charge in [0, 0.05) is 17.8 Å². The summed E-state index contributed by atoms with van der Waals surface area (Å²) in [6, 6.07) is 12.5. The zero-order chi connectivity index (χ0) is 16.1. The van der Waals surface area contributed by atoms with Gasteiger partial charge < -0.3 is 10.1 Å². The fourth-order valence-corrected chi connectivity index (χ4v) is 1.91. The third kappa shape index (κ3) is 3.95. The summed E-state index contributed by atoms with van der Waals surface area (Å²) in [5.41, 5.74) is 0.228. The lowest BCUT2D eigenvalue weighted by atomic mass is 10.2. The van der Waals surface area contributed by atoms with E-state index in [1.807, 2.05) is 0 Å². The molecule has 0 heterocycles. The second-order valence-electron chi connectivity index (χ2n) is 4.49.